The molecule has 93 heavy (non-hydrogen) atoms. The second-order valence-electron chi connectivity index (χ2n) is 24.0. The fourth-order valence-corrected chi connectivity index (χ4v) is 15.2. The number of aromatic nitrogens is 4. The standard InChI is InChI=1S/C52H34N4.C36H22S/c1-3-13-35(14-4-1)45-19-11-21-47(53-45)37-25-29-39(30-26-37)55-49-23-9-7-17-41(49)43-34-52-44(33-51(43)55)42-18-8-10-24-50(42)56(52)40-31-27-38(28-32-40)48-22-12-20-46(54-48)36-15-5-2-6-16-36;1-2-12-29-27(10-1)28-11-3-4-13-30(28)33-21-25(16-18-31(29)33)23-8-7-9-24(20-23)26-17-19-36-34(22-26)32-14-5-6-15-35(32)37-36/h1-34H;1-22H. The van der Waals surface area contributed by atoms with E-state index in [0.717, 1.165) is 56.4 Å². The van der Waals surface area contributed by atoms with Gasteiger partial charge in [-0.25, -0.2) is 9.97 Å². The predicted octanol–water partition coefficient (Wildman–Crippen LogP) is 24.2. The molecule has 0 aliphatic carbocycles. The summed E-state index contributed by atoms with van der Waals surface area (Å²) < 4.78 is 7.49. The van der Waals surface area contributed by atoms with Crippen molar-refractivity contribution in [2.24, 2.45) is 0 Å². The molecule has 0 aliphatic heterocycles. The Labute approximate surface area is 541 Å². The molecule has 19 rings (SSSR count). The number of para-hydroxylation sites is 2. The smallest absolute Gasteiger partial charge is 0.0709 e. The molecule has 0 saturated heterocycles. The van der Waals surface area contributed by atoms with Crippen LogP contribution in [-0.2, 0) is 0 Å². The van der Waals surface area contributed by atoms with Gasteiger partial charge in [0.05, 0.1) is 44.8 Å². The molecule has 0 unspecified atom stereocenters. The molecule has 19 aromatic rings. The van der Waals surface area contributed by atoms with Gasteiger partial charge in [0.15, 0.2) is 0 Å². The molecule has 14 aromatic carbocycles. The Bertz CT molecular complexity index is 5840. The fourth-order valence-electron chi connectivity index (χ4n) is 14.2. The lowest BCUT2D eigenvalue weighted by molar-refractivity contribution is 1.17. The van der Waals surface area contributed by atoms with Crippen molar-refractivity contribution in [1.82, 2.24) is 19.1 Å². The van der Waals surface area contributed by atoms with E-state index in [1.54, 1.807) is 0 Å². The summed E-state index contributed by atoms with van der Waals surface area (Å²) in [5, 5.41) is 15.4. The average Bonchev–Trinajstić information content (AvgIpc) is 1.62. The molecule has 0 radical (unpaired) electrons. The van der Waals surface area contributed by atoms with Gasteiger partial charge in [-0.1, -0.05) is 237 Å². The normalized spacial score (nSPS) is 11.7. The number of rotatable bonds is 8. The van der Waals surface area contributed by atoms with Gasteiger partial charge >= 0.3 is 0 Å². The third-order valence-electron chi connectivity index (χ3n) is 18.6. The lowest BCUT2D eigenvalue weighted by atomic mass is 9.91. The molecule has 0 spiro atoms. The van der Waals surface area contributed by atoms with Crippen molar-refractivity contribution in [3.05, 3.63) is 340 Å². The van der Waals surface area contributed by atoms with Crippen LogP contribution in [0.3, 0.4) is 0 Å². The van der Waals surface area contributed by atoms with Crippen molar-refractivity contribution in [2.75, 3.05) is 0 Å². The lowest BCUT2D eigenvalue weighted by Gasteiger charge is -2.12. The van der Waals surface area contributed by atoms with Crippen LogP contribution in [-0.4, -0.2) is 19.1 Å². The van der Waals surface area contributed by atoms with Crippen molar-refractivity contribution in [2.45, 2.75) is 0 Å². The summed E-state index contributed by atoms with van der Waals surface area (Å²) in [4.78, 5) is 10.0. The maximum Gasteiger partial charge on any atom is 0.0709 e. The zero-order chi connectivity index (χ0) is 61.3. The van der Waals surface area contributed by atoms with Crippen LogP contribution < -0.4 is 0 Å². The first-order valence-corrected chi connectivity index (χ1v) is 32.5. The van der Waals surface area contributed by atoms with Crippen molar-refractivity contribution < 1.29 is 0 Å². The van der Waals surface area contributed by atoms with Gasteiger partial charge in [0, 0.05) is 75.3 Å². The highest BCUT2D eigenvalue weighted by Crippen LogP contribution is 2.43. The van der Waals surface area contributed by atoms with E-state index in [2.05, 4.69) is 337 Å². The molecule has 0 bridgehead atoms. The molecule has 0 fully saturated rings. The summed E-state index contributed by atoms with van der Waals surface area (Å²) in [5.74, 6) is 0. The van der Waals surface area contributed by atoms with Crippen molar-refractivity contribution in [3.8, 4) is 78.7 Å². The molecule has 0 saturated carbocycles. The topological polar surface area (TPSA) is 35.6 Å². The van der Waals surface area contributed by atoms with Crippen LogP contribution in [0.25, 0.3) is 175 Å². The van der Waals surface area contributed by atoms with Gasteiger partial charge in [0.1, 0.15) is 0 Å². The van der Waals surface area contributed by atoms with E-state index in [1.165, 1.54) is 118 Å². The average molecular weight is 1200 g/mol. The Balaban J connectivity index is 0.000000149. The van der Waals surface area contributed by atoms with Gasteiger partial charge in [0.2, 0.25) is 0 Å². The Hall–Kier alpha value is -12.0. The number of nitrogens with zero attached hydrogens (tertiary/aromatic N) is 4. The van der Waals surface area contributed by atoms with Crippen molar-refractivity contribution in [1.29, 1.82) is 0 Å². The summed E-state index contributed by atoms with van der Waals surface area (Å²) in [7, 11) is 0. The number of hydrogen-bond acceptors (Lipinski definition) is 3. The van der Waals surface area contributed by atoms with E-state index < -0.39 is 0 Å². The minimum Gasteiger partial charge on any atom is -0.309 e. The van der Waals surface area contributed by atoms with Crippen LogP contribution in [0, 0.1) is 0 Å². The predicted molar refractivity (Wildman–Crippen MR) is 395 cm³/mol. The van der Waals surface area contributed by atoms with E-state index in [4.69, 9.17) is 9.97 Å². The molecule has 0 atom stereocenters. The van der Waals surface area contributed by atoms with E-state index in [-0.39, 0.29) is 0 Å². The Morgan fingerprint density at radius 2 is 0.516 bits per heavy atom. The third-order valence-corrected chi connectivity index (χ3v) is 19.7. The second-order valence-corrected chi connectivity index (χ2v) is 25.1. The SMILES string of the molecule is c1cc(-c2ccc3sc4ccccc4c3c2)cc(-c2ccc3c4ccccc4c4ccccc4c3c2)c1.c1ccc(-c2cccc(-c3ccc(-n4c5ccccc5c5cc6c(cc54)c4ccccc4n6-c4ccc(-c5cccc(-c6ccccc6)n5)cc4)cc3)n2)cc1. The minimum absolute atomic E-state index is 0.958. The molecule has 0 aliphatic rings. The number of fused-ring (bicyclic) bond motifs is 15. The zero-order valence-electron chi connectivity index (χ0n) is 50.5. The molecule has 4 nitrogen and oxygen atoms in total. The summed E-state index contributed by atoms with van der Waals surface area (Å²) in [6.45, 7) is 0. The Kier molecular flexibility index (Phi) is 13.0. The second kappa shape index (κ2) is 22.5. The fraction of sp³-hybridized carbons (Fsp3) is 0. The van der Waals surface area contributed by atoms with Gasteiger partial charge in [-0.15, -0.1) is 11.3 Å². The van der Waals surface area contributed by atoms with Crippen LogP contribution >= 0.6 is 11.3 Å². The Morgan fingerprint density at radius 1 is 0.183 bits per heavy atom. The first-order valence-electron chi connectivity index (χ1n) is 31.7. The molecule has 5 aromatic heterocycles. The van der Waals surface area contributed by atoms with E-state index in [1.807, 2.05) is 23.5 Å². The molecular formula is C88H56N4S. The highest BCUT2D eigenvalue weighted by molar-refractivity contribution is 7.25. The summed E-state index contributed by atoms with van der Waals surface area (Å²) in [6.07, 6.45) is 0. The third kappa shape index (κ3) is 9.44. The van der Waals surface area contributed by atoms with Crippen LogP contribution in [0.1, 0.15) is 0 Å². The van der Waals surface area contributed by atoms with Crippen molar-refractivity contribution in [3.63, 3.8) is 0 Å². The maximum absolute atomic E-state index is 5.02. The first kappa shape index (κ1) is 54.0. The maximum atomic E-state index is 5.02. The monoisotopic (exact) mass is 1200 g/mol. The highest BCUT2D eigenvalue weighted by atomic mass is 32.1. The van der Waals surface area contributed by atoms with Crippen LogP contribution in [0.2, 0.25) is 0 Å². The summed E-state index contributed by atoms with van der Waals surface area (Å²) in [5.41, 5.74) is 20.2. The first-order chi connectivity index (χ1) is 46.1. The summed E-state index contributed by atoms with van der Waals surface area (Å²) >= 11 is 1.87. The van der Waals surface area contributed by atoms with Gasteiger partial charge in [0.25, 0.3) is 0 Å². The van der Waals surface area contributed by atoms with Gasteiger partial charge in [-0.3, -0.25) is 0 Å². The van der Waals surface area contributed by atoms with Crippen LogP contribution in [0.4, 0.5) is 0 Å². The van der Waals surface area contributed by atoms with Crippen molar-refractivity contribution >= 4 is 107 Å². The van der Waals surface area contributed by atoms with Gasteiger partial charge in [-0.05, 0) is 158 Å². The number of benzene rings is 14. The van der Waals surface area contributed by atoms with Crippen LogP contribution in [0.5, 0.6) is 0 Å². The van der Waals surface area contributed by atoms with E-state index in [0.29, 0.717) is 0 Å². The molecule has 0 amide bonds. The molecule has 0 N–H and O–H groups in total. The van der Waals surface area contributed by atoms with E-state index >= 15 is 0 Å². The van der Waals surface area contributed by atoms with Gasteiger partial charge in [-0.2, -0.15) is 0 Å². The molecule has 5 heterocycles. The quantitative estimate of drug-likeness (QED) is 0.142. The number of pyridine rings is 2. The van der Waals surface area contributed by atoms with Crippen LogP contribution in [0.15, 0.2) is 340 Å². The Morgan fingerprint density at radius 3 is 1.01 bits per heavy atom. The lowest BCUT2D eigenvalue weighted by Crippen LogP contribution is -1.95. The highest BCUT2D eigenvalue weighted by Gasteiger charge is 2.20. The molecule has 5 heteroatoms. The minimum atomic E-state index is 0.958. The summed E-state index contributed by atoms with van der Waals surface area (Å²) in [6, 6.07) is 122. The number of thiophene rings is 1. The largest absolute Gasteiger partial charge is 0.309 e. The van der Waals surface area contributed by atoms with Gasteiger partial charge < -0.3 is 9.13 Å². The number of hydrogen-bond donors (Lipinski definition) is 0. The molecule has 434 valence electrons. The molecular weight excluding hydrogens is 1150 g/mol. The van der Waals surface area contributed by atoms with E-state index in [9.17, 15) is 0 Å². The zero-order valence-corrected chi connectivity index (χ0v) is 51.3.